The first-order valence-corrected chi connectivity index (χ1v) is 15.5. The van der Waals surface area contributed by atoms with Gasteiger partial charge >= 0.3 is 5.97 Å². The van der Waals surface area contributed by atoms with Gasteiger partial charge in [0, 0.05) is 18.3 Å². The molecule has 0 atom stereocenters. The maximum Gasteiger partial charge on any atom is 0.303 e. The van der Waals surface area contributed by atoms with E-state index < -0.39 is 5.97 Å². The largest absolute Gasteiger partial charge is 0.481 e. The molecule has 0 rings (SSSR count). The summed E-state index contributed by atoms with van der Waals surface area (Å²) in [6.07, 6.45) is 29.9. The summed E-state index contributed by atoms with van der Waals surface area (Å²) in [4.78, 5) is 22.0. The molecule has 3 heteroatoms. The zero-order valence-corrected chi connectivity index (χ0v) is 24.7. The number of carboxylic acid groups (broad SMARTS) is 1. The van der Waals surface area contributed by atoms with Crippen molar-refractivity contribution in [2.45, 2.75) is 189 Å². The Balaban J connectivity index is 0. The molecular formula is C32H64O3. The van der Waals surface area contributed by atoms with E-state index in [0.717, 1.165) is 25.7 Å². The number of carbonyl (C=O) groups is 2. The van der Waals surface area contributed by atoms with E-state index >= 15 is 0 Å². The minimum atomic E-state index is -0.657. The zero-order valence-electron chi connectivity index (χ0n) is 24.7. The van der Waals surface area contributed by atoms with Crippen molar-refractivity contribution in [1.29, 1.82) is 0 Å². The van der Waals surface area contributed by atoms with Crippen molar-refractivity contribution in [3.8, 4) is 0 Å². The van der Waals surface area contributed by atoms with Gasteiger partial charge < -0.3 is 5.11 Å². The van der Waals surface area contributed by atoms with Gasteiger partial charge in [-0.1, -0.05) is 163 Å². The number of Topliss-reactive ketones (excluding diaryl/α,β-unsaturated/α-hetero) is 1. The number of carbonyl (C=O) groups excluding carboxylic acids is 1. The molecule has 0 aliphatic heterocycles. The molecule has 0 aliphatic carbocycles. The van der Waals surface area contributed by atoms with Crippen molar-refractivity contribution in [3.05, 3.63) is 0 Å². The van der Waals surface area contributed by atoms with Crippen molar-refractivity contribution < 1.29 is 14.7 Å². The van der Waals surface area contributed by atoms with Crippen molar-refractivity contribution in [1.82, 2.24) is 0 Å². The van der Waals surface area contributed by atoms with Gasteiger partial charge in [-0.2, -0.15) is 0 Å². The van der Waals surface area contributed by atoms with Crippen LogP contribution >= 0.6 is 0 Å². The van der Waals surface area contributed by atoms with Gasteiger partial charge in [-0.05, 0) is 12.8 Å². The van der Waals surface area contributed by atoms with Crippen LogP contribution < -0.4 is 0 Å². The van der Waals surface area contributed by atoms with Gasteiger partial charge in [-0.3, -0.25) is 9.59 Å². The molecule has 0 radical (unpaired) electrons. The van der Waals surface area contributed by atoms with E-state index in [-0.39, 0.29) is 5.41 Å². The molecule has 35 heavy (non-hydrogen) atoms. The third-order valence-corrected chi connectivity index (χ3v) is 6.84. The minimum Gasteiger partial charge on any atom is -0.481 e. The third-order valence-electron chi connectivity index (χ3n) is 6.84. The highest BCUT2D eigenvalue weighted by Crippen LogP contribution is 2.19. The van der Waals surface area contributed by atoms with Crippen molar-refractivity contribution in [2.24, 2.45) is 5.41 Å². The summed E-state index contributed by atoms with van der Waals surface area (Å²) < 4.78 is 0. The second-order valence-corrected chi connectivity index (χ2v) is 11.6. The fourth-order valence-corrected chi connectivity index (χ4v) is 4.27. The average molecular weight is 497 g/mol. The molecule has 0 aliphatic rings. The van der Waals surface area contributed by atoms with E-state index in [9.17, 15) is 9.59 Å². The first-order valence-electron chi connectivity index (χ1n) is 15.5. The number of ketones is 1. The molecule has 0 aromatic carbocycles. The number of aliphatic carboxylic acids is 1. The molecule has 0 aromatic rings. The van der Waals surface area contributed by atoms with Gasteiger partial charge in [-0.25, -0.2) is 0 Å². The maximum absolute atomic E-state index is 11.7. The molecule has 0 saturated heterocycles. The van der Waals surface area contributed by atoms with Crippen LogP contribution in [-0.2, 0) is 9.59 Å². The highest BCUT2D eigenvalue weighted by molar-refractivity contribution is 5.83. The smallest absolute Gasteiger partial charge is 0.303 e. The molecule has 0 aromatic heterocycles. The van der Waals surface area contributed by atoms with Crippen molar-refractivity contribution in [3.63, 3.8) is 0 Å². The van der Waals surface area contributed by atoms with E-state index in [0.29, 0.717) is 12.2 Å². The van der Waals surface area contributed by atoms with E-state index in [1.165, 1.54) is 122 Å². The van der Waals surface area contributed by atoms with Gasteiger partial charge in [0.2, 0.25) is 0 Å². The Hall–Kier alpha value is -0.860. The van der Waals surface area contributed by atoms with Crippen molar-refractivity contribution in [2.75, 3.05) is 0 Å². The maximum atomic E-state index is 11.7. The molecule has 3 nitrogen and oxygen atoms in total. The zero-order chi connectivity index (χ0) is 26.6. The highest BCUT2D eigenvalue weighted by Gasteiger charge is 2.19. The molecule has 0 unspecified atom stereocenters. The van der Waals surface area contributed by atoms with Crippen LogP contribution in [0.25, 0.3) is 0 Å². The summed E-state index contributed by atoms with van der Waals surface area (Å²) in [7, 11) is 0. The van der Waals surface area contributed by atoms with Crippen molar-refractivity contribution >= 4 is 11.8 Å². The average Bonchev–Trinajstić information content (AvgIpc) is 2.80. The molecule has 0 amide bonds. The summed E-state index contributed by atoms with van der Waals surface area (Å²) in [6, 6.07) is 0. The third kappa shape index (κ3) is 33.1. The van der Waals surface area contributed by atoms with E-state index in [1.807, 2.05) is 20.8 Å². The van der Waals surface area contributed by atoms with Crippen LogP contribution in [0, 0.1) is 5.41 Å². The Bertz CT molecular complexity index is 450. The number of rotatable bonds is 24. The van der Waals surface area contributed by atoms with Gasteiger partial charge in [0.25, 0.3) is 0 Å². The molecule has 0 bridgehead atoms. The van der Waals surface area contributed by atoms with Crippen LogP contribution in [-0.4, -0.2) is 16.9 Å². The second-order valence-electron chi connectivity index (χ2n) is 11.6. The molecule has 0 saturated carbocycles. The van der Waals surface area contributed by atoms with Crippen LogP contribution in [0.3, 0.4) is 0 Å². The van der Waals surface area contributed by atoms with Gasteiger partial charge in [0.15, 0.2) is 0 Å². The Morgan fingerprint density at radius 3 is 0.971 bits per heavy atom. The SMILES string of the molecule is CCCCCCCCCCCCCC(=O)C(C)(C)C.CCCCCCCCCCCCCC(=O)O. The van der Waals surface area contributed by atoms with Gasteiger partial charge in [0.05, 0.1) is 0 Å². The van der Waals surface area contributed by atoms with Crippen LogP contribution in [0.4, 0.5) is 0 Å². The summed E-state index contributed by atoms with van der Waals surface area (Å²) in [5.74, 6) is -0.237. The Labute approximate surface area is 220 Å². The molecule has 0 heterocycles. The fraction of sp³-hybridized carbons (Fsp3) is 0.938. The summed E-state index contributed by atoms with van der Waals surface area (Å²) in [6.45, 7) is 10.6. The van der Waals surface area contributed by atoms with Crippen LogP contribution in [0.2, 0.25) is 0 Å². The number of hydrogen-bond acceptors (Lipinski definition) is 2. The fourth-order valence-electron chi connectivity index (χ4n) is 4.27. The molecular weight excluding hydrogens is 432 g/mol. The lowest BCUT2D eigenvalue weighted by Gasteiger charge is -2.16. The lowest BCUT2D eigenvalue weighted by molar-refractivity contribution is -0.137. The topological polar surface area (TPSA) is 54.4 Å². The second kappa shape index (κ2) is 27.7. The van der Waals surface area contributed by atoms with E-state index in [2.05, 4.69) is 13.8 Å². The lowest BCUT2D eigenvalue weighted by atomic mass is 9.88. The summed E-state index contributed by atoms with van der Waals surface area (Å²) in [5, 5.41) is 8.46. The Morgan fingerprint density at radius 2 is 0.714 bits per heavy atom. The van der Waals surface area contributed by atoms with E-state index in [1.54, 1.807) is 0 Å². The van der Waals surface area contributed by atoms with Gasteiger partial charge in [-0.15, -0.1) is 0 Å². The van der Waals surface area contributed by atoms with E-state index in [4.69, 9.17) is 5.11 Å². The summed E-state index contributed by atoms with van der Waals surface area (Å²) >= 11 is 0. The first kappa shape index (κ1) is 36.3. The van der Waals surface area contributed by atoms with Crippen LogP contribution in [0.1, 0.15) is 189 Å². The van der Waals surface area contributed by atoms with Crippen LogP contribution in [0.15, 0.2) is 0 Å². The lowest BCUT2D eigenvalue weighted by Crippen LogP contribution is -2.19. The normalized spacial score (nSPS) is 11.2. The molecule has 0 fully saturated rings. The Morgan fingerprint density at radius 1 is 0.457 bits per heavy atom. The molecule has 0 spiro atoms. The molecule has 1 N–H and O–H groups in total. The number of unbranched alkanes of at least 4 members (excludes halogenated alkanes) is 20. The Kier molecular flexibility index (Phi) is 28.8. The predicted molar refractivity (Wildman–Crippen MR) is 154 cm³/mol. The van der Waals surface area contributed by atoms with Crippen LogP contribution in [0.5, 0.6) is 0 Å². The monoisotopic (exact) mass is 496 g/mol. The number of hydrogen-bond donors (Lipinski definition) is 1. The highest BCUT2D eigenvalue weighted by atomic mass is 16.4. The summed E-state index contributed by atoms with van der Waals surface area (Å²) in [5.41, 5.74) is -0.140. The quantitative estimate of drug-likeness (QED) is 0.135. The standard InChI is InChI=1S/C18H36O.C14H28O2/c1-5-6-7-8-9-10-11-12-13-14-15-16-17(19)18(2,3)4;1-2-3-4-5-6-7-8-9-10-11-12-13-14(15)16/h5-16H2,1-4H3;2-13H2,1H3,(H,15,16). The predicted octanol–water partition coefficient (Wildman–Crippen LogP) is 11.1. The molecule has 210 valence electrons. The minimum absolute atomic E-state index is 0.140. The number of carboxylic acids is 1. The van der Waals surface area contributed by atoms with Gasteiger partial charge in [0.1, 0.15) is 5.78 Å². The first-order chi connectivity index (χ1) is 16.8.